The van der Waals surface area contributed by atoms with E-state index in [1.54, 1.807) is 12.3 Å². The summed E-state index contributed by atoms with van der Waals surface area (Å²) in [7, 11) is 0. The molecule has 102 valence electrons. The third kappa shape index (κ3) is 2.34. The molecule has 2 N–H and O–H groups in total. The van der Waals surface area contributed by atoms with Crippen molar-refractivity contribution in [3.8, 4) is 0 Å². The Labute approximate surface area is 116 Å². The van der Waals surface area contributed by atoms with Crippen LogP contribution < -0.4 is 5.32 Å². The molecule has 20 heavy (non-hydrogen) atoms. The number of halogens is 1. The first-order valence-electron chi connectivity index (χ1n) is 6.58. The normalized spacial score (nSPS) is 12.5. The number of hydrogen-bond acceptors (Lipinski definition) is 3. The zero-order chi connectivity index (χ0) is 13.9. The average molecular weight is 270 g/mol. The zero-order valence-electron chi connectivity index (χ0n) is 11.1. The summed E-state index contributed by atoms with van der Waals surface area (Å²) >= 11 is 0. The molecule has 0 saturated carbocycles. The number of nitrogens with zero attached hydrogens (tertiary/aromatic N) is 2. The maximum absolute atomic E-state index is 13.0. The zero-order valence-corrected chi connectivity index (χ0v) is 11.1. The minimum atomic E-state index is -0.320. The molecule has 0 fully saturated rings. The van der Waals surface area contributed by atoms with E-state index in [4.69, 9.17) is 0 Å². The van der Waals surface area contributed by atoms with Gasteiger partial charge in [-0.05, 0) is 24.6 Å². The van der Waals surface area contributed by atoms with E-state index in [0.29, 0.717) is 0 Å². The fourth-order valence-electron chi connectivity index (χ4n) is 2.26. The van der Waals surface area contributed by atoms with E-state index in [1.807, 2.05) is 18.2 Å². The van der Waals surface area contributed by atoms with Crippen LogP contribution in [0, 0.1) is 5.82 Å². The highest BCUT2D eigenvalue weighted by Gasteiger charge is 2.12. The number of para-hydroxylation sites is 1. The number of aromatic nitrogens is 3. The van der Waals surface area contributed by atoms with E-state index in [-0.39, 0.29) is 11.9 Å². The van der Waals surface area contributed by atoms with Gasteiger partial charge in [-0.15, -0.1) is 0 Å². The molecule has 2 aromatic heterocycles. The molecular weight excluding hydrogens is 255 g/mol. The van der Waals surface area contributed by atoms with Gasteiger partial charge in [0.1, 0.15) is 5.82 Å². The number of hydrogen-bond donors (Lipinski definition) is 2. The highest BCUT2D eigenvalue weighted by molar-refractivity contribution is 5.90. The molecule has 0 saturated heterocycles. The number of benzene rings is 1. The first-order valence-corrected chi connectivity index (χ1v) is 6.58. The van der Waals surface area contributed by atoms with Crippen LogP contribution in [0.5, 0.6) is 0 Å². The highest BCUT2D eigenvalue weighted by Crippen LogP contribution is 2.26. The largest absolute Gasteiger partial charge is 0.375 e. The van der Waals surface area contributed by atoms with Crippen LogP contribution in [0.15, 0.2) is 42.7 Å². The predicted octanol–water partition coefficient (Wildman–Crippen LogP) is 3.66. The van der Waals surface area contributed by atoms with Crippen LogP contribution >= 0.6 is 0 Å². The van der Waals surface area contributed by atoms with Gasteiger partial charge in [0, 0.05) is 5.39 Å². The average Bonchev–Trinajstić information content (AvgIpc) is 2.95. The van der Waals surface area contributed by atoms with Gasteiger partial charge in [-0.3, -0.25) is 10.1 Å². The van der Waals surface area contributed by atoms with Crippen molar-refractivity contribution in [2.45, 2.75) is 19.4 Å². The molecule has 3 rings (SSSR count). The van der Waals surface area contributed by atoms with Crippen molar-refractivity contribution in [1.82, 2.24) is 15.2 Å². The standard InChI is InChI=1S/C15H15FN4/c1-2-12(13-7-6-11(16)9-17-13)19-14-5-3-4-10-8-18-20-15(10)14/h3-9,12,19H,2H2,1H3,(H,18,20). The first kappa shape index (κ1) is 12.6. The minimum Gasteiger partial charge on any atom is -0.375 e. The molecule has 5 heteroatoms. The fourth-order valence-corrected chi connectivity index (χ4v) is 2.26. The van der Waals surface area contributed by atoms with Gasteiger partial charge in [0.15, 0.2) is 0 Å². The Hall–Kier alpha value is -2.43. The quantitative estimate of drug-likeness (QED) is 0.760. The molecule has 2 heterocycles. The van der Waals surface area contributed by atoms with Crippen molar-refractivity contribution in [3.63, 3.8) is 0 Å². The number of rotatable bonds is 4. The van der Waals surface area contributed by atoms with Crippen molar-refractivity contribution >= 4 is 16.6 Å². The molecule has 3 aromatic rings. The van der Waals surface area contributed by atoms with E-state index in [0.717, 1.165) is 28.7 Å². The van der Waals surface area contributed by atoms with Crippen molar-refractivity contribution in [3.05, 3.63) is 54.2 Å². The second kappa shape index (κ2) is 5.28. The Bertz CT molecular complexity index is 705. The van der Waals surface area contributed by atoms with Crippen LogP contribution in [0.2, 0.25) is 0 Å². The van der Waals surface area contributed by atoms with E-state index >= 15 is 0 Å². The SMILES string of the molecule is CCC(Nc1cccc2cn[nH]c12)c1ccc(F)cn1. The maximum atomic E-state index is 13.0. The summed E-state index contributed by atoms with van der Waals surface area (Å²) in [4.78, 5) is 4.15. The lowest BCUT2D eigenvalue weighted by Crippen LogP contribution is -2.11. The van der Waals surface area contributed by atoms with Crippen molar-refractivity contribution in [2.24, 2.45) is 0 Å². The van der Waals surface area contributed by atoms with E-state index in [9.17, 15) is 4.39 Å². The molecule has 0 spiro atoms. The second-order valence-electron chi connectivity index (χ2n) is 4.65. The lowest BCUT2D eigenvalue weighted by atomic mass is 10.1. The monoisotopic (exact) mass is 270 g/mol. The Morgan fingerprint density at radius 1 is 1.25 bits per heavy atom. The molecule has 0 aliphatic carbocycles. The number of aromatic amines is 1. The maximum Gasteiger partial charge on any atom is 0.141 e. The van der Waals surface area contributed by atoms with Crippen molar-refractivity contribution < 1.29 is 4.39 Å². The summed E-state index contributed by atoms with van der Waals surface area (Å²) in [6.07, 6.45) is 3.89. The lowest BCUT2D eigenvalue weighted by molar-refractivity contribution is 0.614. The third-order valence-corrected chi connectivity index (χ3v) is 3.32. The van der Waals surface area contributed by atoms with Gasteiger partial charge in [-0.2, -0.15) is 5.10 Å². The van der Waals surface area contributed by atoms with Crippen molar-refractivity contribution in [1.29, 1.82) is 0 Å². The Morgan fingerprint density at radius 2 is 2.15 bits per heavy atom. The lowest BCUT2D eigenvalue weighted by Gasteiger charge is -2.18. The van der Waals surface area contributed by atoms with E-state index in [1.165, 1.54) is 12.3 Å². The van der Waals surface area contributed by atoms with Gasteiger partial charge in [-0.1, -0.05) is 19.1 Å². The number of pyridine rings is 1. The summed E-state index contributed by atoms with van der Waals surface area (Å²) in [5, 5.41) is 11.5. The topological polar surface area (TPSA) is 53.6 Å². The number of nitrogens with one attached hydrogen (secondary N) is 2. The smallest absolute Gasteiger partial charge is 0.141 e. The summed E-state index contributed by atoms with van der Waals surface area (Å²) in [5.41, 5.74) is 2.76. The van der Waals surface area contributed by atoms with Gasteiger partial charge >= 0.3 is 0 Å². The van der Waals surface area contributed by atoms with Crippen LogP contribution in [0.4, 0.5) is 10.1 Å². The summed E-state index contributed by atoms with van der Waals surface area (Å²) in [6, 6.07) is 9.15. The van der Waals surface area contributed by atoms with Crippen LogP contribution in [0.3, 0.4) is 0 Å². The molecule has 0 bridgehead atoms. The van der Waals surface area contributed by atoms with Crippen LogP contribution in [-0.4, -0.2) is 15.2 Å². The molecule has 0 aliphatic heterocycles. The molecule has 1 atom stereocenters. The van der Waals surface area contributed by atoms with Crippen LogP contribution in [0.25, 0.3) is 10.9 Å². The molecule has 1 aromatic carbocycles. The van der Waals surface area contributed by atoms with E-state index < -0.39 is 0 Å². The summed E-state index contributed by atoms with van der Waals surface area (Å²) < 4.78 is 13.0. The predicted molar refractivity (Wildman–Crippen MR) is 76.9 cm³/mol. The first-order chi connectivity index (χ1) is 9.78. The Balaban J connectivity index is 1.91. The van der Waals surface area contributed by atoms with Crippen LogP contribution in [-0.2, 0) is 0 Å². The molecule has 1 unspecified atom stereocenters. The fraction of sp³-hybridized carbons (Fsp3) is 0.200. The second-order valence-corrected chi connectivity index (χ2v) is 4.65. The number of fused-ring (bicyclic) bond motifs is 1. The molecule has 0 aliphatic rings. The third-order valence-electron chi connectivity index (χ3n) is 3.32. The van der Waals surface area contributed by atoms with Gasteiger partial charge in [0.05, 0.1) is 35.3 Å². The minimum absolute atomic E-state index is 0.0319. The number of H-pyrrole nitrogens is 1. The van der Waals surface area contributed by atoms with Crippen LogP contribution in [0.1, 0.15) is 25.1 Å². The molecule has 4 nitrogen and oxygen atoms in total. The Kier molecular flexibility index (Phi) is 3.33. The van der Waals surface area contributed by atoms with Gasteiger partial charge in [0.2, 0.25) is 0 Å². The molecule has 0 amide bonds. The number of anilines is 1. The molecular formula is C15H15FN4. The summed E-state index contributed by atoms with van der Waals surface area (Å²) in [5.74, 6) is -0.320. The van der Waals surface area contributed by atoms with Gasteiger partial charge in [-0.25, -0.2) is 4.39 Å². The van der Waals surface area contributed by atoms with Crippen molar-refractivity contribution in [2.75, 3.05) is 5.32 Å². The summed E-state index contributed by atoms with van der Waals surface area (Å²) in [6.45, 7) is 2.07. The van der Waals surface area contributed by atoms with Gasteiger partial charge < -0.3 is 5.32 Å². The van der Waals surface area contributed by atoms with Gasteiger partial charge in [0.25, 0.3) is 0 Å². The molecule has 0 radical (unpaired) electrons. The Morgan fingerprint density at radius 3 is 2.90 bits per heavy atom. The van der Waals surface area contributed by atoms with E-state index in [2.05, 4.69) is 27.4 Å². The highest BCUT2D eigenvalue weighted by atomic mass is 19.1.